The van der Waals surface area contributed by atoms with Crippen LogP contribution in [0.4, 0.5) is 0 Å². The van der Waals surface area contributed by atoms with E-state index < -0.39 is 5.60 Å². The molecule has 2 atom stereocenters. The fraction of sp³-hybridized carbons (Fsp3) is 0.900. The van der Waals surface area contributed by atoms with Gasteiger partial charge in [0.15, 0.2) is 0 Å². The summed E-state index contributed by atoms with van der Waals surface area (Å²) in [4.78, 5) is 13.7. The van der Waals surface area contributed by atoms with Crippen molar-refractivity contribution in [2.45, 2.75) is 37.9 Å². The van der Waals surface area contributed by atoms with Crippen LogP contribution in [0.3, 0.4) is 0 Å². The first-order valence-electron chi connectivity index (χ1n) is 5.23. The quantitative estimate of drug-likeness (QED) is 0.654. The zero-order valence-corrected chi connectivity index (χ0v) is 8.53. The summed E-state index contributed by atoms with van der Waals surface area (Å²) >= 11 is 0. The molecule has 2 fully saturated rings. The SMILES string of the molecule is CC1(C(=O)N2CCC(O)C2)CCCO1. The predicted molar refractivity (Wildman–Crippen MR) is 50.8 cm³/mol. The van der Waals surface area contributed by atoms with E-state index in [1.54, 1.807) is 4.90 Å². The van der Waals surface area contributed by atoms with Gasteiger partial charge in [-0.15, -0.1) is 0 Å². The van der Waals surface area contributed by atoms with Crippen molar-refractivity contribution in [2.75, 3.05) is 19.7 Å². The van der Waals surface area contributed by atoms with Gasteiger partial charge in [-0.05, 0) is 26.2 Å². The van der Waals surface area contributed by atoms with Crippen LogP contribution in [0.2, 0.25) is 0 Å². The Morgan fingerprint density at radius 2 is 2.43 bits per heavy atom. The first-order valence-corrected chi connectivity index (χ1v) is 5.23. The summed E-state index contributed by atoms with van der Waals surface area (Å²) < 4.78 is 5.48. The lowest BCUT2D eigenvalue weighted by Crippen LogP contribution is -2.46. The van der Waals surface area contributed by atoms with E-state index in [2.05, 4.69) is 0 Å². The number of hydrogen-bond acceptors (Lipinski definition) is 3. The van der Waals surface area contributed by atoms with Gasteiger partial charge >= 0.3 is 0 Å². The first-order chi connectivity index (χ1) is 6.62. The molecule has 0 aromatic heterocycles. The number of hydrogen-bond donors (Lipinski definition) is 1. The third-order valence-corrected chi connectivity index (χ3v) is 3.12. The van der Waals surface area contributed by atoms with Crippen molar-refractivity contribution in [3.8, 4) is 0 Å². The molecule has 0 spiro atoms. The maximum Gasteiger partial charge on any atom is 0.254 e. The Bertz CT molecular complexity index is 236. The number of ether oxygens (including phenoxy) is 1. The number of nitrogens with zero attached hydrogens (tertiary/aromatic N) is 1. The molecule has 80 valence electrons. The molecule has 2 saturated heterocycles. The van der Waals surface area contributed by atoms with Crippen LogP contribution >= 0.6 is 0 Å². The Labute approximate surface area is 83.8 Å². The molecule has 4 nitrogen and oxygen atoms in total. The van der Waals surface area contributed by atoms with E-state index in [9.17, 15) is 9.90 Å². The van der Waals surface area contributed by atoms with Gasteiger partial charge in [-0.2, -0.15) is 0 Å². The van der Waals surface area contributed by atoms with E-state index in [1.165, 1.54) is 0 Å². The Morgan fingerprint density at radius 1 is 1.64 bits per heavy atom. The largest absolute Gasteiger partial charge is 0.391 e. The van der Waals surface area contributed by atoms with Crippen LogP contribution in [0, 0.1) is 0 Å². The Morgan fingerprint density at radius 3 is 2.93 bits per heavy atom. The highest BCUT2D eigenvalue weighted by Gasteiger charge is 2.42. The molecule has 2 unspecified atom stereocenters. The van der Waals surface area contributed by atoms with Gasteiger partial charge in [-0.1, -0.05) is 0 Å². The fourth-order valence-electron chi connectivity index (χ4n) is 2.21. The van der Waals surface area contributed by atoms with E-state index in [0.717, 1.165) is 12.8 Å². The van der Waals surface area contributed by atoms with E-state index in [1.807, 2.05) is 6.92 Å². The monoisotopic (exact) mass is 199 g/mol. The van der Waals surface area contributed by atoms with Gasteiger partial charge in [-0.25, -0.2) is 0 Å². The molecule has 2 rings (SSSR count). The first kappa shape index (κ1) is 9.93. The van der Waals surface area contributed by atoms with Gasteiger partial charge in [0.1, 0.15) is 5.60 Å². The Kier molecular flexibility index (Phi) is 2.49. The number of rotatable bonds is 1. The average molecular weight is 199 g/mol. The molecule has 0 saturated carbocycles. The van der Waals surface area contributed by atoms with Crippen LogP contribution in [-0.2, 0) is 9.53 Å². The molecule has 0 bridgehead atoms. The third kappa shape index (κ3) is 1.64. The molecule has 4 heteroatoms. The molecule has 0 radical (unpaired) electrons. The summed E-state index contributed by atoms with van der Waals surface area (Å²) in [5.41, 5.74) is -0.621. The molecule has 2 aliphatic heterocycles. The minimum absolute atomic E-state index is 0.0477. The van der Waals surface area contributed by atoms with Crippen molar-refractivity contribution < 1.29 is 14.6 Å². The molecule has 1 N–H and O–H groups in total. The summed E-state index contributed by atoms with van der Waals surface area (Å²) in [6.45, 7) is 3.67. The van der Waals surface area contributed by atoms with Crippen molar-refractivity contribution >= 4 is 5.91 Å². The van der Waals surface area contributed by atoms with Crippen molar-refractivity contribution in [3.63, 3.8) is 0 Å². The highest BCUT2D eigenvalue weighted by Crippen LogP contribution is 2.28. The summed E-state index contributed by atoms with van der Waals surface area (Å²) in [5.74, 6) is 0.0477. The summed E-state index contributed by atoms with van der Waals surface area (Å²) in [6.07, 6.45) is 2.11. The summed E-state index contributed by atoms with van der Waals surface area (Å²) in [7, 11) is 0. The Hall–Kier alpha value is -0.610. The molecule has 0 aromatic carbocycles. The molecule has 0 aliphatic carbocycles. The minimum Gasteiger partial charge on any atom is -0.391 e. The summed E-state index contributed by atoms with van der Waals surface area (Å²) in [5, 5.41) is 9.34. The topological polar surface area (TPSA) is 49.8 Å². The van der Waals surface area contributed by atoms with Gasteiger partial charge in [0.2, 0.25) is 0 Å². The lowest BCUT2D eigenvalue weighted by Gasteiger charge is -2.27. The van der Waals surface area contributed by atoms with Gasteiger partial charge in [-0.3, -0.25) is 4.79 Å². The maximum atomic E-state index is 12.0. The van der Waals surface area contributed by atoms with E-state index >= 15 is 0 Å². The smallest absolute Gasteiger partial charge is 0.254 e. The standard InChI is InChI=1S/C10H17NO3/c1-10(4-2-6-14-10)9(13)11-5-3-8(12)7-11/h8,12H,2-7H2,1H3. The summed E-state index contributed by atoms with van der Waals surface area (Å²) in [6, 6.07) is 0. The van der Waals surface area contributed by atoms with Crippen molar-refractivity contribution in [3.05, 3.63) is 0 Å². The van der Waals surface area contributed by atoms with Crippen LogP contribution in [0.25, 0.3) is 0 Å². The number of aliphatic hydroxyl groups excluding tert-OH is 1. The lowest BCUT2D eigenvalue weighted by atomic mass is 10.0. The van der Waals surface area contributed by atoms with Crippen LogP contribution in [0.1, 0.15) is 26.2 Å². The number of β-amino-alcohol motifs (C(OH)–C–C–N with tert-alkyl or cyclic N) is 1. The molecule has 1 amide bonds. The second-order valence-corrected chi connectivity index (χ2v) is 4.38. The van der Waals surface area contributed by atoms with Gasteiger partial charge in [0.05, 0.1) is 6.10 Å². The van der Waals surface area contributed by atoms with Gasteiger partial charge < -0.3 is 14.7 Å². The number of carbonyl (C=O) groups is 1. The third-order valence-electron chi connectivity index (χ3n) is 3.12. The van der Waals surface area contributed by atoms with E-state index in [4.69, 9.17) is 4.74 Å². The van der Waals surface area contributed by atoms with Crippen LogP contribution in [0.5, 0.6) is 0 Å². The fourth-order valence-corrected chi connectivity index (χ4v) is 2.21. The molecule has 2 aliphatic rings. The van der Waals surface area contributed by atoms with Crippen molar-refractivity contribution in [2.24, 2.45) is 0 Å². The number of aliphatic hydroxyl groups is 1. The highest BCUT2D eigenvalue weighted by molar-refractivity contribution is 5.85. The average Bonchev–Trinajstić information content (AvgIpc) is 2.74. The number of amides is 1. The van der Waals surface area contributed by atoms with E-state index in [0.29, 0.717) is 26.1 Å². The minimum atomic E-state index is -0.621. The Balaban J connectivity index is 2.00. The van der Waals surface area contributed by atoms with E-state index in [-0.39, 0.29) is 12.0 Å². The zero-order chi connectivity index (χ0) is 10.2. The molecular formula is C10H17NO3. The maximum absolute atomic E-state index is 12.0. The number of likely N-dealkylation sites (tertiary alicyclic amines) is 1. The number of carbonyl (C=O) groups excluding carboxylic acids is 1. The molecule has 0 aromatic rings. The molecule has 14 heavy (non-hydrogen) atoms. The van der Waals surface area contributed by atoms with Gasteiger partial charge in [0.25, 0.3) is 5.91 Å². The predicted octanol–water partition coefficient (Wildman–Crippen LogP) is 0.149. The zero-order valence-electron chi connectivity index (χ0n) is 8.53. The highest BCUT2D eigenvalue weighted by atomic mass is 16.5. The second-order valence-electron chi connectivity index (χ2n) is 4.38. The molecule has 2 heterocycles. The van der Waals surface area contributed by atoms with Crippen LogP contribution in [0.15, 0.2) is 0 Å². The van der Waals surface area contributed by atoms with Gasteiger partial charge in [0, 0.05) is 19.7 Å². The van der Waals surface area contributed by atoms with Crippen LogP contribution in [-0.4, -0.2) is 47.3 Å². The molecular weight excluding hydrogens is 182 g/mol. The lowest BCUT2D eigenvalue weighted by molar-refractivity contribution is -0.150. The van der Waals surface area contributed by atoms with Crippen LogP contribution < -0.4 is 0 Å². The second kappa shape index (κ2) is 3.51. The normalized spacial score (nSPS) is 37.9. The van der Waals surface area contributed by atoms with Crippen molar-refractivity contribution in [1.82, 2.24) is 4.90 Å². The van der Waals surface area contributed by atoms with Crippen molar-refractivity contribution in [1.29, 1.82) is 0 Å².